The quantitative estimate of drug-likeness (QED) is 0.286. The van der Waals surface area contributed by atoms with E-state index in [9.17, 15) is 15.3 Å². The summed E-state index contributed by atoms with van der Waals surface area (Å²) in [6.07, 6.45) is 14.8. The topological polar surface area (TPSA) is 79.2 Å². The van der Waals surface area contributed by atoms with Crippen LogP contribution in [-0.4, -0.2) is 59.6 Å². The van der Waals surface area contributed by atoms with E-state index in [4.69, 9.17) is 9.47 Å². The van der Waals surface area contributed by atoms with E-state index in [1.54, 1.807) is 0 Å². The fraction of sp³-hybridized carbons (Fsp3) is 0.905. The summed E-state index contributed by atoms with van der Waals surface area (Å²) in [5.74, 6) is 0. The third kappa shape index (κ3) is 10.6. The zero-order valence-corrected chi connectivity index (χ0v) is 16.5. The predicted molar refractivity (Wildman–Crippen MR) is 104 cm³/mol. The number of hydrogen-bond acceptors (Lipinski definition) is 5. The van der Waals surface area contributed by atoms with Crippen LogP contribution in [-0.2, 0) is 9.47 Å². The van der Waals surface area contributed by atoms with Crippen LogP contribution in [0.4, 0.5) is 0 Å². The molecule has 0 aromatic carbocycles. The van der Waals surface area contributed by atoms with E-state index in [0.717, 1.165) is 12.8 Å². The van der Waals surface area contributed by atoms with Gasteiger partial charge in [0.25, 0.3) is 0 Å². The summed E-state index contributed by atoms with van der Waals surface area (Å²) in [6.45, 7) is 2.97. The molecule has 0 radical (unpaired) electrons. The van der Waals surface area contributed by atoms with Crippen LogP contribution in [0.3, 0.4) is 0 Å². The summed E-state index contributed by atoms with van der Waals surface area (Å²) in [5, 5.41) is 28.9. The first-order chi connectivity index (χ1) is 12.7. The van der Waals surface area contributed by atoms with E-state index in [-0.39, 0.29) is 13.2 Å². The summed E-state index contributed by atoms with van der Waals surface area (Å²) >= 11 is 0. The number of rotatable bonds is 16. The normalized spacial score (nSPS) is 24.5. The highest BCUT2D eigenvalue weighted by Crippen LogP contribution is 2.17. The molecule has 1 saturated heterocycles. The number of unbranched alkanes of at least 4 members (excludes halogenated alkanes) is 9. The van der Waals surface area contributed by atoms with Gasteiger partial charge in [-0.2, -0.15) is 0 Å². The van der Waals surface area contributed by atoms with Gasteiger partial charge >= 0.3 is 0 Å². The predicted octanol–water partition coefficient (Wildman–Crippen LogP) is 3.35. The molecule has 0 amide bonds. The number of allylic oxidation sites excluding steroid dienone is 1. The van der Waals surface area contributed by atoms with E-state index in [1.807, 2.05) is 0 Å². The third-order valence-electron chi connectivity index (χ3n) is 4.93. The molecular weight excluding hydrogens is 332 g/mol. The highest BCUT2D eigenvalue weighted by molar-refractivity contribution is 4.88. The Labute approximate surface area is 159 Å². The molecule has 1 aliphatic rings. The van der Waals surface area contributed by atoms with Crippen molar-refractivity contribution >= 4 is 0 Å². The Morgan fingerprint density at radius 2 is 1.58 bits per heavy atom. The lowest BCUT2D eigenvalue weighted by Gasteiger charge is -2.20. The molecule has 3 N–H and O–H groups in total. The highest BCUT2D eigenvalue weighted by Gasteiger charge is 2.39. The van der Waals surface area contributed by atoms with E-state index < -0.39 is 24.4 Å². The fourth-order valence-electron chi connectivity index (χ4n) is 3.22. The zero-order valence-electron chi connectivity index (χ0n) is 16.5. The second-order valence-corrected chi connectivity index (χ2v) is 7.38. The van der Waals surface area contributed by atoms with Crippen molar-refractivity contribution in [3.05, 3.63) is 12.2 Å². The van der Waals surface area contributed by atoms with Crippen LogP contribution < -0.4 is 0 Å². The highest BCUT2D eigenvalue weighted by atomic mass is 16.5. The Morgan fingerprint density at radius 3 is 2.19 bits per heavy atom. The first-order valence-corrected chi connectivity index (χ1v) is 10.5. The zero-order chi connectivity index (χ0) is 19.0. The molecule has 1 aliphatic heterocycles. The minimum Gasteiger partial charge on any atom is -0.388 e. The van der Waals surface area contributed by atoms with Gasteiger partial charge < -0.3 is 24.8 Å². The van der Waals surface area contributed by atoms with Gasteiger partial charge in [0.15, 0.2) is 0 Å². The van der Waals surface area contributed by atoms with Gasteiger partial charge in [0.1, 0.15) is 24.4 Å². The van der Waals surface area contributed by atoms with Crippen molar-refractivity contribution in [2.24, 2.45) is 0 Å². The number of hydrogen-bond donors (Lipinski definition) is 3. The SMILES string of the molecule is CCCCCCCCCCC/C=C/CCOC[C@H](O)[C@@H]1OC[C@@H](O)[C@@H]1O. The van der Waals surface area contributed by atoms with Crippen molar-refractivity contribution in [3.8, 4) is 0 Å². The molecule has 26 heavy (non-hydrogen) atoms. The van der Waals surface area contributed by atoms with Gasteiger partial charge in [-0.25, -0.2) is 0 Å². The van der Waals surface area contributed by atoms with E-state index in [2.05, 4.69) is 19.1 Å². The lowest BCUT2D eigenvalue weighted by atomic mass is 10.1. The molecule has 1 heterocycles. The number of aliphatic hydroxyl groups excluding tert-OH is 3. The van der Waals surface area contributed by atoms with Crippen LogP contribution in [0.5, 0.6) is 0 Å². The van der Waals surface area contributed by atoms with Crippen LogP contribution >= 0.6 is 0 Å². The molecule has 0 aliphatic carbocycles. The molecule has 1 rings (SSSR count). The standard InChI is InChI=1S/C21H40O5/c1-2-3-4-5-6-7-8-9-10-11-12-13-14-15-25-16-19(23)21-20(24)18(22)17-26-21/h12-13,18-24H,2-11,14-17H2,1H3/b13-12+/t18-,19+,20+,21+/m1/s1. The van der Waals surface area contributed by atoms with Gasteiger partial charge in [-0.3, -0.25) is 0 Å². The molecule has 0 spiro atoms. The Morgan fingerprint density at radius 1 is 0.962 bits per heavy atom. The minimum atomic E-state index is -1.04. The van der Waals surface area contributed by atoms with Crippen molar-refractivity contribution in [1.82, 2.24) is 0 Å². The van der Waals surface area contributed by atoms with Crippen molar-refractivity contribution in [2.75, 3.05) is 19.8 Å². The molecule has 0 aromatic heterocycles. The summed E-state index contributed by atoms with van der Waals surface area (Å²) in [7, 11) is 0. The maximum Gasteiger partial charge on any atom is 0.114 e. The summed E-state index contributed by atoms with van der Waals surface area (Å²) < 4.78 is 10.6. The van der Waals surface area contributed by atoms with Gasteiger partial charge in [-0.1, -0.05) is 70.4 Å². The average molecular weight is 373 g/mol. The first-order valence-electron chi connectivity index (χ1n) is 10.5. The van der Waals surface area contributed by atoms with Gasteiger partial charge in [-0.15, -0.1) is 0 Å². The van der Waals surface area contributed by atoms with Crippen LogP contribution in [0, 0.1) is 0 Å². The second kappa shape index (κ2) is 15.6. The number of ether oxygens (including phenoxy) is 2. The van der Waals surface area contributed by atoms with E-state index in [0.29, 0.717) is 6.61 Å². The van der Waals surface area contributed by atoms with Gasteiger partial charge in [0, 0.05) is 0 Å². The van der Waals surface area contributed by atoms with Crippen molar-refractivity contribution in [3.63, 3.8) is 0 Å². The van der Waals surface area contributed by atoms with Crippen LogP contribution in [0.2, 0.25) is 0 Å². The molecule has 154 valence electrons. The van der Waals surface area contributed by atoms with Crippen molar-refractivity contribution in [2.45, 2.75) is 102 Å². The molecule has 0 saturated carbocycles. The molecule has 0 bridgehead atoms. The van der Waals surface area contributed by atoms with E-state index >= 15 is 0 Å². The lowest BCUT2D eigenvalue weighted by molar-refractivity contribution is -0.0806. The van der Waals surface area contributed by atoms with Gasteiger partial charge in [0.05, 0.1) is 19.8 Å². The van der Waals surface area contributed by atoms with Crippen molar-refractivity contribution < 1.29 is 24.8 Å². The fourth-order valence-corrected chi connectivity index (χ4v) is 3.22. The molecule has 0 aromatic rings. The Hall–Kier alpha value is -0.460. The van der Waals surface area contributed by atoms with Crippen LogP contribution in [0.25, 0.3) is 0 Å². The van der Waals surface area contributed by atoms with Gasteiger partial charge in [-0.05, 0) is 19.3 Å². The third-order valence-corrected chi connectivity index (χ3v) is 4.93. The Kier molecular flexibility index (Phi) is 14.1. The number of aliphatic hydroxyl groups is 3. The second-order valence-electron chi connectivity index (χ2n) is 7.38. The summed E-state index contributed by atoms with van der Waals surface area (Å²) in [5.41, 5.74) is 0. The van der Waals surface area contributed by atoms with E-state index in [1.165, 1.54) is 57.8 Å². The largest absolute Gasteiger partial charge is 0.388 e. The summed E-state index contributed by atoms with van der Waals surface area (Å²) in [6, 6.07) is 0. The smallest absolute Gasteiger partial charge is 0.114 e. The molecule has 5 heteroatoms. The Balaban J connectivity index is 1.85. The molecule has 0 unspecified atom stereocenters. The average Bonchev–Trinajstić information content (AvgIpc) is 2.97. The van der Waals surface area contributed by atoms with Crippen LogP contribution in [0.1, 0.15) is 77.6 Å². The van der Waals surface area contributed by atoms with Crippen LogP contribution in [0.15, 0.2) is 12.2 Å². The first kappa shape index (κ1) is 23.6. The molecule has 4 atom stereocenters. The van der Waals surface area contributed by atoms with Gasteiger partial charge in [0.2, 0.25) is 0 Å². The maximum absolute atomic E-state index is 9.90. The summed E-state index contributed by atoms with van der Waals surface area (Å²) in [4.78, 5) is 0. The minimum absolute atomic E-state index is 0.0600. The Bertz CT molecular complexity index is 347. The molecule has 1 fully saturated rings. The van der Waals surface area contributed by atoms with Crippen molar-refractivity contribution in [1.29, 1.82) is 0 Å². The maximum atomic E-state index is 9.90. The monoisotopic (exact) mass is 372 g/mol. The molecular formula is C21H40O5. The lowest BCUT2D eigenvalue weighted by Crippen LogP contribution is -2.40. The molecule has 5 nitrogen and oxygen atoms in total.